The van der Waals surface area contributed by atoms with E-state index in [1.165, 1.54) is 37.8 Å². The van der Waals surface area contributed by atoms with E-state index in [-0.39, 0.29) is 12.1 Å². The van der Waals surface area contributed by atoms with Crippen molar-refractivity contribution in [2.45, 2.75) is 57.6 Å². The zero-order valence-corrected chi connectivity index (χ0v) is 22.4. The Morgan fingerprint density at radius 1 is 0.923 bits per heavy atom. The van der Waals surface area contributed by atoms with Crippen molar-refractivity contribution in [3.05, 3.63) is 84.4 Å². The quantitative estimate of drug-likeness (QED) is 0.270. The first kappa shape index (κ1) is 25.5. The van der Waals surface area contributed by atoms with Gasteiger partial charge < -0.3 is 19.4 Å². The van der Waals surface area contributed by atoms with Gasteiger partial charge in [0.05, 0.1) is 0 Å². The molecule has 6 heteroatoms. The maximum atomic E-state index is 12.6. The maximum absolute atomic E-state index is 12.6. The number of amides is 1. The Kier molecular flexibility index (Phi) is 7.80. The summed E-state index contributed by atoms with van der Waals surface area (Å²) in [6.45, 7) is 2.45. The number of hydrogen-bond donors (Lipinski definition) is 1. The molecule has 2 aliphatic rings. The number of aromatic nitrogens is 1. The molecule has 6 nitrogen and oxygen atoms in total. The predicted octanol–water partition coefficient (Wildman–Crippen LogP) is 7.59. The Labute approximate surface area is 230 Å². The summed E-state index contributed by atoms with van der Waals surface area (Å²) >= 11 is 0. The fourth-order valence-electron chi connectivity index (χ4n) is 6.33. The van der Waals surface area contributed by atoms with Crippen molar-refractivity contribution in [2.75, 3.05) is 18.0 Å². The van der Waals surface area contributed by atoms with E-state index in [1.54, 1.807) is 0 Å². The van der Waals surface area contributed by atoms with Gasteiger partial charge in [0, 0.05) is 30.4 Å². The van der Waals surface area contributed by atoms with Crippen LogP contribution in [0.2, 0.25) is 0 Å². The molecule has 1 N–H and O–H groups in total. The van der Waals surface area contributed by atoms with E-state index in [4.69, 9.17) is 9.15 Å². The minimum atomic E-state index is -0.292. The Balaban J connectivity index is 1.04. The lowest BCUT2D eigenvalue weighted by Gasteiger charge is -2.39. The summed E-state index contributed by atoms with van der Waals surface area (Å²) in [7, 11) is 0. The zero-order valence-electron chi connectivity index (χ0n) is 22.4. The van der Waals surface area contributed by atoms with E-state index in [0.29, 0.717) is 24.3 Å². The molecule has 3 aromatic carbocycles. The number of fused-ring (bicyclic) bond motifs is 1. The summed E-state index contributed by atoms with van der Waals surface area (Å²) in [6, 6.07) is 26.6. The lowest BCUT2D eigenvalue weighted by molar-refractivity contribution is 0.122. The second-order valence-electron chi connectivity index (χ2n) is 11.1. The Bertz CT molecular complexity index is 1330. The molecule has 0 unspecified atom stereocenters. The van der Waals surface area contributed by atoms with Gasteiger partial charge in [-0.2, -0.15) is 0 Å². The van der Waals surface area contributed by atoms with Gasteiger partial charge in [-0.25, -0.2) is 9.78 Å². The third-order valence-corrected chi connectivity index (χ3v) is 8.35. The Morgan fingerprint density at radius 2 is 1.72 bits per heavy atom. The number of rotatable bonds is 7. The average molecular weight is 524 g/mol. The van der Waals surface area contributed by atoms with Gasteiger partial charge in [0.1, 0.15) is 12.1 Å². The number of para-hydroxylation sites is 2. The lowest BCUT2D eigenvalue weighted by atomic mass is 9.77. The molecule has 2 fully saturated rings. The monoisotopic (exact) mass is 523 g/mol. The minimum absolute atomic E-state index is 0.202. The largest absolute Gasteiger partial charge is 0.445 e. The standard InChI is InChI=1S/C33H37N3O3/c37-33(38-23-24-9-2-1-3-10-24)35-29-13-5-4-12-27(29)21-25-11-8-20-36(22-25)28-18-16-26(17-19-28)32-34-30-14-6-7-15-31(30)39-32/h1-3,6-7,9-10,14-19,25,27,29H,4-5,8,11-13,20-23H2,(H,35,37)/t25-,27+,29-/m1/s1. The summed E-state index contributed by atoms with van der Waals surface area (Å²) < 4.78 is 11.5. The van der Waals surface area contributed by atoms with Crippen LogP contribution in [-0.4, -0.2) is 30.2 Å². The van der Waals surface area contributed by atoms with E-state index in [0.717, 1.165) is 48.2 Å². The molecule has 0 spiro atoms. The van der Waals surface area contributed by atoms with Crippen LogP contribution in [-0.2, 0) is 11.3 Å². The second-order valence-corrected chi connectivity index (χ2v) is 11.1. The number of anilines is 1. The molecular formula is C33H37N3O3. The second kappa shape index (κ2) is 11.9. The van der Waals surface area contributed by atoms with Gasteiger partial charge in [0.2, 0.25) is 5.89 Å². The highest BCUT2D eigenvalue weighted by Crippen LogP contribution is 2.35. The molecular weight excluding hydrogens is 486 g/mol. The lowest BCUT2D eigenvalue weighted by Crippen LogP contribution is -2.44. The molecule has 6 rings (SSSR count). The fourth-order valence-corrected chi connectivity index (χ4v) is 6.33. The number of nitrogens with zero attached hydrogens (tertiary/aromatic N) is 2. The number of carbonyl (C=O) groups excluding carboxylic acids is 1. The molecule has 1 aromatic heterocycles. The van der Waals surface area contributed by atoms with Crippen molar-refractivity contribution in [2.24, 2.45) is 11.8 Å². The molecule has 3 atom stereocenters. The number of nitrogens with one attached hydrogen (secondary N) is 1. The fraction of sp³-hybridized carbons (Fsp3) is 0.394. The minimum Gasteiger partial charge on any atom is -0.445 e. The van der Waals surface area contributed by atoms with Crippen LogP contribution >= 0.6 is 0 Å². The smallest absolute Gasteiger partial charge is 0.407 e. The molecule has 1 amide bonds. The summed E-state index contributed by atoms with van der Waals surface area (Å²) in [6.07, 6.45) is 7.94. The number of alkyl carbamates (subject to hydrolysis) is 1. The molecule has 2 heterocycles. The average Bonchev–Trinajstić information content (AvgIpc) is 3.43. The van der Waals surface area contributed by atoms with Crippen molar-refractivity contribution in [3.8, 4) is 11.5 Å². The highest BCUT2D eigenvalue weighted by molar-refractivity contribution is 5.76. The summed E-state index contributed by atoms with van der Waals surface area (Å²) in [4.78, 5) is 19.7. The topological polar surface area (TPSA) is 67.6 Å². The van der Waals surface area contributed by atoms with Crippen molar-refractivity contribution in [1.29, 1.82) is 0 Å². The van der Waals surface area contributed by atoms with Gasteiger partial charge >= 0.3 is 6.09 Å². The van der Waals surface area contributed by atoms with Crippen LogP contribution < -0.4 is 10.2 Å². The number of benzene rings is 3. The molecule has 1 aliphatic carbocycles. The van der Waals surface area contributed by atoms with Gasteiger partial charge in [0.25, 0.3) is 0 Å². The van der Waals surface area contributed by atoms with Crippen LogP contribution in [0.3, 0.4) is 0 Å². The molecule has 1 saturated heterocycles. The third kappa shape index (κ3) is 6.27. The first-order chi connectivity index (χ1) is 19.2. The third-order valence-electron chi connectivity index (χ3n) is 8.35. The van der Waals surface area contributed by atoms with Crippen molar-refractivity contribution in [1.82, 2.24) is 10.3 Å². The Morgan fingerprint density at radius 3 is 2.56 bits per heavy atom. The molecule has 39 heavy (non-hydrogen) atoms. The van der Waals surface area contributed by atoms with Gasteiger partial charge in [0.15, 0.2) is 5.58 Å². The normalized spacial score (nSPS) is 21.5. The van der Waals surface area contributed by atoms with Crippen LogP contribution in [0.15, 0.2) is 83.3 Å². The number of hydrogen-bond acceptors (Lipinski definition) is 5. The maximum Gasteiger partial charge on any atom is 0.407 e. The summed E-state index contributed by atoms with van der Waals surface area (Å²) in [5, 5.41) is 3.21. The van der Waals surface area contributed by atoms with Crippen LogP contribution in [0, 0.1) is 11.8 Å². The highest BCUT2D eigenvalue weighted by Gasteiger charge is 2.31. The van der Waals surface area contributed by atoms with Crippen LogP contribution in [0.1, 0.15) is 50.5 Å². The number of oxazole rings is 1. The van der Waals surface area contributed by atoms with Gasteiger partial charge in [-0.1, -0.05) is 55.3 Å². The van der Waals surface area contributed by atoms with Gasteiger partial charge in [-0.3, -0.25) is 0 Å². The number of piperidine rings is 1. The molecule has 0 radical (unpaired) electrons. The van der Waals surface area contributed by atoms with E-state index in [2.05, 4.69) is 39.5 Å². The van der Waals surface area contributed by atoms with Crippen molar-refractivity contribution in [3.63, 3.8) is 0 Å². The first-order valence-corrected chi connectivity index (χ1v) is 14.4. The molecule has 1 saturated carbocycles. The number of carbonyl (C=O) groups is 1. The van der Waals surface area contributed by atoms with Gasteiger partial charge in [-0.05, 0) is 85.9 Å². The molecule has 202 valence electrons. The van der Waals surface area contributed by atoms with Gasteiger partial charge in [-0.15, -0.1) is 0 Å². The Hall–Kier alpha value is -3.80. The van der Waals surface area contributed by atoms with Crippen LogP contribution in [0.5, 0.6) is 0 Å². The highest BCUT2D eigenvalue weighted by atomic mass is 16.5. The number of ether oxygens (including phenoxy) is 1. The van der Waals surface area contributed by atoms with E-state index >= 15 is 0 Å². The van der Waals surface area contributed by atoms with Crippen molar-refractivity contribution >= 4 is 22.9 Å². The first-order valence-electron chi connectivity index (χ1n) is 14.4. The summed E-state index contributed by atoms with van der Waals surface area (Å²) in [5.41, 5.74) is 4.96. The molecule has 1 aliphatic heterocycles. The van der Waals surface area contributed by atoms with Crippen LogP contribution in [0.25, 0.3) is 22.6 Å². The van der Waals surface area contributed by atoms with E-state index in [9.17, 15) is 4.79 Å². The van der Waals surface area contributed by atoms with E-state index < -0.39 is 0 Å². The predicted molar refractivity (Wildman–Crippen MR) is 155 cm³/mol. The van der Waals surface area contributed by atoms with E-state index in [1.807, 2.05) is 54.6 Å². The SMILES string of the molecule is O=C(N[C@@H]1CCCC[C@H]1C[C@H]1CCCN(c2ccc(-c3nc4ccccc4o3)cc2)C1)OCc1ccccc1. The van der Waals surface area contributed by atoms with Crippen LogP contribution in [0.4, 0.5) is 10.5 Å². The van der Waals surface area contributed by atoms with Crippen molar-refractivity contribution < 1.29 is 13.9 Å². The molecule has 4 aromatic rings. The zero-order chi connectivity index (χ0) is 26.4. The molecule has 0 bridgehead atoms. The summed E-state index contributed by atoms with van der Waals surface area (Å²) in [5.74, 6) is 1.80.